The van der Waals surface area contributed by atoms with Gasteiger partial charge in [0.25, 0.3) is 0 Å². The van der Waals surface area contributed by atoms with Crippen molar-refractivity contribution in [2.75, 3.05) is 19.8 Å². The van der Waals surface area contributed by atoms with Crippen LogP contribution in [0.25, 0.3) is 0 Å². The molecule has 0 unspecified atom stereocenters. The maximum atomic E-state index is 13.9. The molecular formula is C13H17F2NO4S. The summed E-state index contributed by atoms with van der Waals surface area (Å²) in [6.45, 7) is -0.126. The molecule has 0 aromatic heterocycles. The summed E-state index contributed by atoms with van der Waals surface area (Å²) in [4.78, 5) is -0.685. The van der Waals surface area contributed by atoms with E-state index in [2.05, 4.69) is 4.72 Å². The molecule has 1 saturated carbocycles. The normalized spacial score (nSPS) is 15.4. The van der Waals surface area contributed by atoms with E-state index in [0.717, 1.165) is 25.0 Å². The Bertz CT molecular complexity index is 602. The monoisotopic (exact) mass is 321 g/mol. The average Bonchev–Trinajstić information content (AvgIpc) is 3.22. The molecule has 1 aliphatic carbocycles. The highest BCUT2D eigenvalue weighted by Crippen LogP contribution is 2.28. The van der Waals surface area contributed by atoms with E-state index in [1.807, 2.05) is 0 Å². The summed E-state index contributed by atoms with van der Waals surface area (Å²) in [5, 5.41) is 8.88. The number of benzene rings is 1. The fraction of sp³-hybridized carbons (Fsp3) is 0.538. The van der Waals surface area contributed by atoms with Crippen LogP contribution in [0, 0.1) is 17.6 Å². The van der Waals surface area contributed by atoms with Gasteiger partial charge in [0.15, 0.2) is 5.82 Å². The first-order chi connectivity index (χ1) is 9.95. The van der Waals surface area contributed by atoms with Crippen molar-refractivity contribution in [3.05, 3.63) is 29.3 Å². The summed E-state index contributed by atoms with van der Waals surface area (Å²) in [5.74, 6) is -1.69. The van der Waals surface area contributed by atoms with Crippen molar-refractivity contribution in [1.29, 1.82) is 0 Å². The topological polar surface area (TPSA) is 75.6 Å². The van der Waals surface area contributed by atoms with Crippen LogP contribution in [0.3, 0.4) is 0 Å². The van der Waals surface area contributed by atoms with Crippen LogP contribution in [0.2, 0.25) is 0 Å². The molecule has 21 heavy (non-hydrogen) atoms. The van der Waals surface area contributed by atoms with Gasteiger partial charge >= 0.3 is 0 Å². The van der Waals surface area contributed by atoms with Gasteiger partial charge in [-0.15, -0.1) is 0 Å². The quantitative estimate of drug-likeness (QED) is 0.705. The highest BCUT2D eigenvalue weighted by molar-refractivity contribution is 7.89. The Kier molecular flexibility index (Phi) is 5.26. The Morgan fingerprint density at radius 3 is 2.67 bits per heavy atom. The molecule has 0 atom stereocenters. The lowest BCUT2D eigenvalue weighted by atomic mass is 10.2. The van der Waals surface area contributed by atoms with Crippen molar-refractivity contribution >= 4 is 10.0 Å². The lowest BCUT2D eigenvalue weighted by molar-refractivity contribution is 0.129. The van der Waals surface area contributed by atoms with Gasteiger partial charge < -0.3 is 9.84 Å². The maximum Gasteiger partial charge on any atom is 0.243 e. The third-order valence-electron chi connectivity index (χ3n) is 3.19. The van der Waals surface area contributed by atoms with E-state index in [1.54, 1.807) is 0 Å². The van der Waals surface area contributed by atoms with E-state index in [1.165, 1.54) is 0 Å². The maximum absolute atomic E-state index is 13.9. The third-order valence-corrected chi connectivity index (χ3v) is 4.67. The Morgan fingerprint density at radius 1 is 1.33 bits per heavy atom. The van der Waals surface area contributed by atoms with E-state index >= 15 is 0 Å². The lowest BCUT2D eigenvalue weighted by Gasteiger charge is -2.10. The van der Waals surface area contributed by atoms with Crippen LogP contribution in [0.4, 0.5) is 8.78 Å². The van der Waals surface area contributed by atoms with Gasteiger partial charge in [-0.3, -0.25) is 0 Å². The number of ether oxygens (including phenoxy) is 1. The highest BCUT2D eigenvalue weighted by atomic mass is 32.2. The molecule has 1 fully saturated rings. The van der Waals surface area contributed by atoms with Gasteiger partial charge in [-0.2, -0.15) is 0 Å². The second-order valence-corrected chi connectivity index (χ2v) is 6.65. The summed E-state index contributed by atoms with van der Waals surface area (Å²) in [5.41, 5.74) is -0.664. The second kappa shape index (κ2) is 6.78. The molecule has 1 aliphatic rings. The number of nitrogens with one attached hydrogen (secondary N) is 1. The molecule has 2 rings (SSSR count). The number of hydrogen-bond acceptors (Lipinski definition) is 4. The predicted molar refractivity (Wildman–Crippen MR) is 71.0 cm³/mol. The minimum atomic E-state index is -4.11. The van der Waals surface area contributed by atoms with Gasteiger partial charge in [0.05, 0.1) is 18.8 Å². The van der Waals surface area contributed by atoms with Crippen LogP contribution < -0.4 is 4.72 Å². The Hall–Kier alpha value is -1.09. The van der Waals surface area contributed by atoms with Crippen molar-refractivity contribution in [2.45, 2.75) is 24.3 Å². The molecule has 2 N–H and O–H groups in total. The zero-order valence-electron chi connectivity index (χ0n) is 11.3. The summed E-state index contributed by atoms with van der Waals surface area (Å²) in [7, 11) is -4.11. The van der Waals surface area contributed by atoms with Crippen LogP contribution in [0.15, 0.2) is 17.0 Å². The van der Waals surface area contributed by atoms with Crippen molar-refractivity contribution < 1.29 is 27.0 Å². The standard InChI is InChI=1S/C13H17F2NO4S/c14-11-3-4-12(13(15)10(11)7-17)21(18,19)16-5-6-20-8-9-1-2-9/h3-4,9,16-17H,1-2,5-8H2. The molecule has 0 bridgehead atoms. The van der Waals surface area contributed by atoms with Gasteiger partial charge in [-0.25, -0.2) is 21.9 Å². The number of aliphatic hydroxyl groups is 1. The zero-order valence-corrected chi connectivity index (χ0v) is 12.1. The van der Waals surface area contributed by atoms with Gasteiger partial charge in [-0.05, 0) is 30.9 Å². The molecule has 0 saturated heterocycles. The lowest BCUT2D eigenvalue weighted by Crippen LogP contribution is -2.28. The van der Waals surface area contributed by atoms with E-state index in [9.17, 15) is 17.2 Å². The Balaban J connectivity index is 1.97. The molecular weight excluding hydrogens is 304 g/mol. The molecule has 1 aromatic carbocycles. The summed E-state index contributed by atoms with van der Waals surface area (Å²) >= 11 is 0. The molecule has 0 heterocycles. The molecule has 0 radical (unpaired) electrons. The van der Waals surface area contributed by atoms with Crippen molar-refractivity contribution in [1.82, 2.24) is 4.72 Å². The summed E-state index contributed by atoms with van der Waals surface area (Å²) < 4.78 is 58.4. The van der Waals surface area contributed by atoms with E-state index in [0.29, 0.717) is 12.5 Å². The minimum Gasteiger partial charge on any atom is -0.391 e. The van der Waals surface area contributed by atoms with Crippen LogP contribution in [0.1, 0.15) is 18.4 Å². The molecule has 118 valence electrons. The van der Waals surface area contributed by atoms with Crippen molar-refractivity contribution in [3.63, 3.8) is 0 Å². The van der Waals surface area contributed by atoms with Crippen molar-refractivity contribution in [3.8, 4) is 0 Å². The van der Waals surface area contributed by atoms with E-state index in [-0.39, 0.29) is 13.2 Å². The Morgan fingerprint density at radius 2 is 2.05 bits per heavy atom. The van der Waals surface area contributed by atoms with Crippen LogP contribution in [-0.4, -0.2) is 33.3 Å². The van der Waals surface area contributed by atoms with Crippen molar-refractivity contribution in [2.24, 2.45) is 5.92 Å². The molecule has 0 amide bonds. The summed E-state index contributed by atoms with van der Waals surface area (Å²) in [6, 6.07) is 1.64. The predicted octanol–water partition coefficient (Wildman–Crippen LogP) is 1.16. The third kappa shape index (κ3) is 4.19. The second-order valence-electron chi connectivity index (χ2n) is 4.91. The average molecular weight is 321 g/mol. The van der Waals surface area contributed by atoms with Crippen LogP contribution >= 0.6 is 0 Å². The molecule has 5 nitrogen and oxygen atoms in total. The number of aliphatic hydroxyl groups excluding tert-OH is 1. The molecule has 0 aliphatic heterocycles. The first-order valence-corrected chi connectivity index (χ1v) is 8.09. The molecule has 1 aromatic rings. The number of sulfonamides is 1. The smallest absolute Gasteiger partial charge is 0.243 e. The van der Waals surface area contributed by atoms with Gasteiger partial charge in [0.1, 0.15) is 10.7 Å². The SMILES string of the molecule is O=S(=O)(NCCOCC1CC1)c1ccc(F)c(CO)c1F. The minimum absolute atomic E-state index is 0.000325. The Labute approximate surface area is 122 Å². The fourth-order valence-electron chi connectivity index (χ4n) is 1.79. The molecule has 8 heteroatoms. The zero-order chi connectivity index (χ0) is 15.5. The largest absolute Gasteiger partial charge is 0.391 e. The van der Waals surface area contributed by atoms with Gasteiger partial charge in [0.2, 0.25) is 10.0 Å². The first kappa shape index (κ1) is 16.3. The van der Waals surface area contributed by atoms with Crippen LogP contribution in [0.5, 0.6) is 0 Å². The number of rotatable bonds is 8. The fourth-order valence-corrected chi connectivity index (χ4v) is 2.90. The van der Waals surface area contributed by atoms with E-state index < -0.39 is 38.7 Å². The first-order valence-electron chi connectivity index (χ1n) is 6.61. The van der Waals surface area contributed by atoms with E-state index in [4.69, 9.17) is 9.84 Å². The highest BCUT2D eigenvalue weighted by Gasteiger charge is 2.23. The number of hydrogen-bond donors (Lipinski definition) is 2. The number of halogens is 2. The van der Waals surface area contributed by atoms with Gasteiger partial charge in [-0.1, -0.05) is 0 Å². The van der Waals surface area contributed by atoms with Gasteiger partial charge in [0, 0.05) is 13.2 Å². The van der Waals surface area contributed by atoms with Crippen LogP contribution in [-0.2, 0) is 21.4 Å². The summed E-state index contributed by atoms with van der Waals surface area (Å²) in [6.07, 6.45) is 2.27. The molecule has 0 spiro atoms.